The minimum atomic E-state index is 0.342. The molecule has 0 heterocycles. The molecule has 0 saturated heterocycles. The third kappa shape index (κ3) is 4.87. The van der Waals surface area contributed by atoms with Gasteiger partial charge >= 0.3 is 0 Å². The van der Waals surface area contributed by atoms with Gasteiger partial charge in [0.25, 0.3) is 0 Å². The summed E-state index contributed by atoms with van der Waals surface area (Å²) in [4.78, 5) is 0. The topological polar surface area (TPSA) is 12.0 Å². The summed E-state index contributed by atoms with van der Waals surface area (Å²) in [6, 6.07) is 17.5. The third-order valence-electron chi connectivity index (χ3n) is 3.78. The lowest BCUT2D eigenvalue weighted by Crippen LogP contribution is -2.24. The molecule has 1 N–H and O–H groups in total. The van der Waals surface area contributed by atoms with Gasteiger partial charge in [-0.15, -0.1) is 0 Å². The summed E-state index contributed by atoms with van der Waals surface area (Å²) in [5.74, 6) is 0. The molecular weight excluding hydrogens is 278 g/mol. The fourth-order valence-corrected chi connectivity index (χ4v) is 2.59. The molecule has 0 aliphatic heterocycles. The van der Waals surface area contributed by atoms with Crippen LogP contribution in [0.1, 0.15) is 43.0 Å². The molecule has 0 amide bonds. The van der Waals surface area contributed by atoms with Gasteiger partial charge < -0.3 is 5.32 Å². The minimum Gasteiger partial charge on any atom is -0.310 e. The number of hydrogen-bond acceptors (Lipinski definition) is 1. The van der Waals surface area contributed by atoms with Gasteiger partial charge in [0.05, 0.1) is 0 Å². The van der Waals surface area contributed by atoms with Crippen molar-refractivity contribution in [3.8, 4) is 0 Å². The van der Waals surface area contributed by atoms with E-state index < -0.39 is 0 Å². The molecule has 1 nitrogen and oxygen atoms in total. The summed E-state index contributed by atoms with van der Waals surface area (Å²) in [5.41, 5.74) is 4.06. The van der Waals surface area contributed by atoms with Gasteiger partial charge in [0.2, 0.25) is 0 Å². The lowest BCUT2D eigenvalue weighted by atomic mass is 9.97. The Morgan fingerprint density at radius 3 is 2.10 bits per heavy atom. The van der Waals surface area contributed by atoms with E-state index in [-0.39, 0.29) is 0 Å². The molecule has 0 fully saturated rings. The minimum absolute atomic E-state index is 0.342. The SMILES string of the molecule is CCCNC(Cc1ccc(CC)cc1)c1ccc(Cl)cc1. The van der Waals surface area contributed by atoms with Crippen LogP contribution in [0.4, 0.5) is 0 Å². The molecule has 0 radical (unpaired) electrons. The highest BCUT2D eigenvalue weighted by Crippen LogP contribution is 2.21. The predicted molar refractivity (Wildman–Crippen MR) is 92.0 cm³/mol. The summed E-state index contributed by atoms with van der Waals surface area (Å²) in [6.45, 7) is 5.41. The number of halogens is 1. The van der Waals surface area contributed by atoms with Crippen LogP contribution >= 0.6 is 11.6 Å². The first-order chi connectivity index (χ1) is 10.2. The molecule has 0 aromatic heterocycles. The first-order valence-electron chi connectivity index (χ1n) is 7.79. The van der Waals surface area contributed by atoms with E-state index in [2.05, 4.69) is 55.6 Å². The molecule has 21 heavy (non-hydrogen) atoms. The largest absolute Gasteiger partial charge is 0.310 e. The van der Waals surface area contributed by atoms with Crippen LogP contribution in [0.15, 0.2) is 48.5 Å². The Balaban J connectivity index is 2.13. The van der Waals surface area contributed by atoms with Gasteiger partial charge in [-0.1, -0.05) is 61.8 Å². The van der Waals surface area contributed by atoms with Crippen LogP contribution < -0.4 is 5.32 Å². The molecule has 2 aromatic rings. The maximum absolute atomic E-state index is 5.99. The number of aryl methyl sites for hydroxylation is 1. The van der Waals surface area contributed by atoms with Crippen molar-refractivity contribution in [2.24, 2.45) is 0 Å². The van der Waals surface area contributed by atoms with Crippen molar-refractivity contribution in [2.75, 3.05) is 6.54 Å². The maximum atomic E-state index is 5.99. The molecule has 1 atom stereocenters. The van der Waals surface area contributed by atoms with Gasteiger partial charge in [0.15, 0.2) is 0 Å². The van der Waals surface area contributed by atoms with Crippen LogP contribution in [0, 0.1) is 0 Å². The molecular formula is C19H24ClN. The van der Waals surface area contributed by atoms with Crippen molar-refractivity contribution < 1.29 is 0 Å². The van der Waals surface area contributed by atoms with Crippen molar-refractivity contribution in [2.45, 2.75) is 39.2 Å². The molecule has 1 unspecified atom stereocenters. The average Bonchev–Trinajstić information content (AvgIpc) is 2.53. The molecule has 0 bridgehead atoms. The van der Waals surface area contributed by atoms with Gasteiger partial charge in [-0.3, -0.25) is 0 Å². The lowest BCUT2D eigenvalue weighted by Gasteiger charge is -2.19. The predicted octanol–water partition coefficient (Wildman–Crippen LogP) is 5.19. The second-order valence-electron chi connectivity index (χ2n) is 5.43. The van der Waals surface area contributed by atoms with Crippen LogP contribution in [0.2, 0.25) is 5.02 Å². The Hall–Kier alpha value is -1.31. The fraction of sp³-hybridized carbons (Fsp3) is 0.368. The van der Waals surface area contributed by atoms with Gasteiger partial charge in [0, 0.05) is 11.1 Å². The second kappa shape index (κ2) is 8.21. The van der Waals surface area contributed by atoms with Crippen LogP contribution in [0.25, 0.3) is 0 Å². The normalized spacial score (nSPS) is 12.3. The average molecular weight is 302 g/mol. The fourth-order valence-electron chi connectivity index (χ4n) is 2.47. The Morgan fingerprint density at radius 2 is 1.52 bits per heavy atom. The van der Waals surface area contributed by atoms with E-state index in [1.165, 1.54) is 16.7 Å². The smallest absolute Gasteiger partial charge is 0.0406 e. The summed E-state index contributed by atoms with van der Waals surface area (Å²) >= 11 is 5.99. The Labute approximate surface area is 133 Å². The van der Waals surface area contributed by atoms with E-state index in [4.69, 9.17) is 11.6 Å². The van der Waals surface area contributed by atoms with Gasteiger partial charge in [-0.05, 0) is 54.6 Å². The molecule has 2 aromatic carbocycles. The van der Waals surface area contributed by atoms with E-state index in [0.29, 0.717) is 6.04 Å². The number of hydrogen-bond donors (Lipinski definition) is 1. The maximum Gasteiger partial charge on any atom is 0.0406 e. The Morgan fingerprint density at radius 1 is 0.905 bits per heavy atom. The van der Waals surface area contributed by atoms with E-state index in [1.807, 2.05) is 12.1 Å². The molecule has 2 rings (SSSR count). The Bertz CT molecular complexity index is 530. The zero-order valence-corrected chi connectivity index (χ0v) is 13.7. The van der Waals surface area contributed by atoms with Crippen molar-refractivity contribution in [3.63, 3.8) is 0 Å². The molecule has 2 heteroatoms. The number of nitrogens with one attached hydrogen (secondary N) is 1. The van der Waals surface area contributed by atoms with Crippen molar-refractivity contribution in [3.05, 3.63) is 70.2 Å². The second-order valence-corrected chi connectivity index (χ2v) is 5.87. The summed E-state index contributed by atoms with van der Waals surface area (Å²) in [5, 5.41) is 4.43. The van der Waals surface area contributed by atoms with Crippen molar-refractivity contribution in [1.82, 2.24) is 5.32 Å². The third-order valence-corrected chi connectivity index (χ3v) is 4.04. The molecule has 0 saturated carbocycles. The zero-order valence-electron chi connectivity index (χ0n) is 12.9. The summed E-state index contributed by atoms with van der Waals surface area (Å²) in [7, 11) is 0. The monoisotopic (exact) mass is 301 g/mol. The van der Waals surface area contributed by atoms with Crippen LogP contribution in [0.5, 0.6) is 0 Å². The van der Waals surface area contributed by atoms with Crippen molar-refractivity contribution >= 4 is 11.6 Å². The summed E-state index contributed by atoms with van der Waals surface area (Å²) in [6.07, 6.45) is 3.24. The Kier molecular flexibility index (Phi) is 6.28. The number of benzene rings is 2. The van der Waals surface area contributed by atoms with E-state index in [0.717, 1.165) is 30.8 Å². The highest BCUT2D eigenvalue weighted by molar-refractivity contribution is 6.30. The number of rotatable bonds is 7. The quantitative estimate of drug-likeness (QED) is 0.742. The molecule has 0 aliphatic carbocycles. The van der Waals surface area contributed by atoms with Crippen molar-refractivity contribution in [1.29, 1.82) is 0 Å². The van der Waals surface area contributed by atoms with Gasteiger partial charge in [0.1, 0.15) is 0 Å². The van der Waals surface area contributed by atoms with Gasteiger partial charge in [-0.25, -0.2) is 0 Å². The molecule has 0 spiro atoms. The van der Waals surface area contributed by atoms with Crippen LogP contribution in [-0.4, -0.2) is 6.54 Å². The van der Waals surface area contributed by atoms with Gasteiger partial charge in [-0.2, -0.15) is 0 Å². The van der Waals surface area contributed by atoms with E-state index in [1.54, 1.807) is 0 Å². The highest BCUT2D eigenvalue weighted by Gasteiger charge is 2.11. The summed E-state index contributed by atoms with van der Waals surface area (Å²) < 4.78 is 0. The van der Waals surface area contributed by atoms with Crippen LogP contribution in [-0.2, 0) is 12.8 Å². The van der Waals surface area contributed by atoms with E-state index >= 15 is 0 Å². The standard InChI is InChI=1S/C19H24ClN/c1-3-13-21-19(17-9-11-18(20)12-10-17)14-16-7-5-15(4-2)6-8-16/h5-12,19,21H,3-4,13-14H2,1-2H3. The highest BCUT2D eigenvalue weighted by atomic mass is 35.5. The lowest BCUT2D eigenvalue weighted by molar-refractivity contribution is 0.529. The first kappa shape index (κ1) is 16.1. The van der Waals surface area contributed by atoms with E-state index in [9.17, 15) is 0 Å². The van der Waals surface area contributed by atoms with Crippen LogP contribution in [0.3, 0.4) is 0 Å². The molecule has 112 valence electrons. The first-order valence-corrected chi connectivity index (χ1v) is 8.17. The zero-order chi connectivity index (χ0) is 15.1. The molecule has 0 aliphatic rings.